The van der Waals surface area contributed by atoms with E-state index in [9.17, 15) is 9.18 Å². The van der Waals surface area contributed by atoms with Crippen LogP contribution < -0.4 is 4.74 Å². The third-order valence-electron chi connectivity index (χ3n) is 11.1. The number of nitrogens with zero attached hydrogens (tertiary/aromatic N) is 7. The van der Waals surface area contributed by atoms with Crippen molar-refractivity contribution in [2.75, 3.05) is 53.4 Å². The molecular weight excluding hydrogens is 679 g/mol. The lowest BCUT2D eigenvalue weighted by atomic mass is 9.95. The van der Waals surface area contributed by atoms with Crippen molar-refractivity contribution >= 4 is 51.2 Å². The van der Waals surface area contributed by atoms with Crippen LogP contribution in [0.1, 0.15) is 25.7 Å². The molecule has 0 saturated carbocycles. The summed E-state index contributed by atoms with van der Waals surface area (Å²) in [6.45, 7) is 2.45. The summed E-state index contributed by atoms with van der Waals surface area (Å²) >= 11 is 6.60. The number of amides is 1. The summed E-state index contributed by atoms with van der Waals surface area (Å²) in [5, 5.41) is 2.26. The SMILES string of the molecule is CN1CC[C@H]1/C=C/C(=O)N1CC(/C=[N+](/C)c2nc(OC[C@@]34CCCN3C[C@H](F)C4)nc3c(F)c(-c4cccc5cccc(Cl)c45)ncc23)[C@H](F)C1. The fourth-order valence-electron chi connectivity index (χ4n) is 8.23. The smallest absolute Gasteiger partial charge is 0.434 e. The van der Waals surface area contributed by atoms with Gasteiger partial charge in [-0.05, 0) is 44.3 Å². The highest BCUT2D eigenvalue weighted by Crippen LogP contribution is 2.41. The summed E-state index contributed by atoms with van der Waals surface area (Å²) in [5.41, 5.74) is 0.0805. The summed E-state index contributed by atoms with van der Waals surface area (Å²) in [7, 11) is 3.70. The van der Waals surface area contributed by atoms with Crippen LogP contribution in [0.3, 0.4) is 0 Å². The molecule has 1 amide bonds. The Bertz CT molecular complexity index is 2080. The number of ether oxygens (including phenoxy) is 1. The lowest BCUT2D eigenvalue weighted by molar-refractivity contribution is -0.405. The van der Waals surface area contributed by atoms with Crippen LogP contribution in [0.15, 0.2) is 54.7 Å². The molecule has 2 aromatic heterocycles. The molecule has 4 aliphatic rings. The van der Waals surface area contributed by atoms with Gasteiger partial charge in [0.1, 0.15) is 35.5 Å². The van der Waals surface area contributed by atoms with Gasteiger partial charge in [-0.3, -0.25) is 19.6 Å². The third kappa shape index (κ3) is 6.25. The van der Waals surface area contributed by atoms with E-state index in [2.05, 4.69) is 19.8 Å². The molecule has 0 spiro atoms. The standard InChI is InChI=1S/C38H40ClF3N7O2/c1-46-15-12-26(46)10-11-31(50)48-19-24(30(41)21-48)18-47(2)36-28-17-43-34(27-8-3-6-23-7-4-9-29(39)32(23)27)33(42)35(28)44-37(45-36)51-22-38-13-5-14-49(38)20-25(40)16-38/h3-4,6-11,17-18,24-26,30H,5,12-16,19-22H2,1-2H3/q+1/b11-10+,47-18-/t24?,25-,26-,30-,38+/m1/s1. The fourth-order valence-corrected chi connectivity index (χ4v) is 8.51. The second-order valence-electron chi connectivity index (χ2n) is 14.4. The van der Waals surface area contributed by atoms with Gasteiger partial charge in [-0.25, -0.2) is 17.7 Å². The van der Waals surface area contributed by atoms with Crippen LogP contribution in [0.2, 0.25) is 5.02 Å². The molecule has 51 heavy (non-hydrogen) atoms. The van der Waals surface area contributed by atoms with Crippen LogP contribution in [0.4, 0.5) is 19.0 Å². The van der Waals surface area contributed by atoms with Gasteiger partial charge in [0.15, 0.2) is 5.82 Å². The summed E-state index contributed by atoms with van der Waals surface area (Å²) in [6.07, 6.45) is 7.42. The Morgan fingerprint density at radius 3 is 2.75 bits per heavy atom. The molecule has 5 atom stereocenters. The van der Waals surface area contributed by atoms with E-state index in [0.29, 0.717) is 34.3 Å². The molecule has 1 unspecified atom stereocenters. The number of pyridine rings is 1. The van der Waals surface area contributed by atoms with E-state index in [-0.39, 0.29) is 54.7 Å². The van der Waals surface area contributed by atoms with Gasteiger partial charge in [-0.15, -0.1) is 0 Å². The number of hydrogen-bond acceptors (Lipinski definition) is 7. The molecule has 2 aromatic carbocycles. The van der Waals surface area contributed by atoms with E-state index in [1.807, 2.05) is 37.4 Å². The number of likely N-dealkylation sites (tertiary alicyclic amines) is 2. The maximum absolute atomic E-state index is 16.8. The minimum Gasteiger partial charge on any atom is -0.443 e. The Labute approximate surface area is 299 Å². The Hall–Kier alpha value is -4.13. The minimum absolute atomic E-state index is 0.0222. The molecule has 4 aromatic rings. The van der Waals surface area contributed by atoms with Gasteiger partial charge >= 0.3 is 11.8 Å². The van der Waals surface area contributed by atoms with E-state index < -0.39 is 29.6 Å². The molecule has 6 heterocycles. The van der Waals surface area contributed by atoms with Crippen molar-refractivity contribution < 1.29 is 27.3 Å². The Morgan fingerprint density at radius 2 is 1.96 bits per heavy atom. The van der Waals surface area contributed by atoms with Gasteiger partial charge in [0.05, 0.1) is 31.3 Å². The minimum atomic E-state index is -1.30. The molecule has 0 radical (unpaired) electrons. The number of carbonyl (C=O) groups is 1. The molecular formula is C38H40ClF3N7O2+. The van der Waals surface area contributed by atoms with Gasteiger partial charge in [0.2, 0.25) is 5.91 Å². The van der Waals surface area contributed by atoms with Crippen LogP contribution >= 0.6 is 11.6 Å². The van der Waals surface area contributed by atoms with Crippen molar-refractivity contribution in [3.8, 4) is 17.3 Å². The molecule has 266 valence electrons. The Morgan fingerprint density at radius 1 is 1.14 bits per heavy atom. The molecule has 9 nitrogen and oxygen atoms in total. The zero-order valence-corrected chi connectivity index (χ0v) is 29.4. The summed E-state index contributed by atoms with van der Waals surface area (Å²) in [6, 6.07) is 11.1. The number of likely N-dealkylation sites (N-methyl/N-ethyl adjacent to an activating group) is 1. The Kier molecular flexibility index (Phi) is 8.96. The van der Waals surface area contributed by atoms with Crippen LogP contribution in [0.25, 0.3) is 32.9 Å². The van der Waals surface area contributed by atoms with Crippen LogP contribution in [-0.4, -0.2) is 124 Å². The van der Waals surface area contributed by atoms with Gasteiger partial charge in [0, 0.05) is 65.3 Å². The van der Waals surface area contributed by atoms with Crippen molar-refractivity contribution in [2.24, 2.45) is 5.92 Å². The highest BCUT2D eigenvalue weighted by atomic mass is 35.5. The van der Waals surface area contributed by atoms with E-state index in [4.69, 9.17) is 21.3 Å². The number of fused-ring (bicyclic) bond motifs is 3. The van der Waals surface area contributed by atoms with Gasteiger partial charge < -0.3 is 9.64 Å². The number of benzene rings is 2. The zero-order chi connectivity index (χ0) is 35.4. The first kappa shape index (κ1) is 34.0. The average Bonchev–Trinajstić information content (AvgIpc) is 3.77. The lowest BCUT2D eigenvalue weighted by Gasteiger charge is -2.35. The van der Waals surface area contributed by atoms with Crippen LogP contribution in [0.5, 0.6) is 6.01 Å². The highest BCUT2D eigenvalue weighted by Gasteiger charge is 2.49. The molecule has 4 saturated heterocycles. The molecule has 13 heteroatoms. The molecule has 0 aliphatic carbocycles. The summed E-state index contributed by atoms with van der Waals surface area (Å²) in [5.74, 6) is -1.27. The molecule has 0 bridgehead atoms. The first-order chi connectivity index (χ1) is 24.6. The molecule has 4 aliphatic heterocycles. The number of hydrogen-bond donors (Lipinski definition) is 0. The summed E-state index contributed by atoms with van der Waals surface area (Å²) < 4.78 is 54.6. The average molecular weight is 719 g/mol. The quantitative estimate of drug-likeness (QED) is 0.126. The van der Waals surface area contributed by atoms with Crippen molar-refractivity contribution in [3.63, 3.8) is 0 Å². The number of rotatable bonds is 8. The van der Waals surface area contributed by atoms with Crippen LogP contribution in [-0.2, 0) is 4.79 Å². The van der Waals surface area contributed by atoms with E-state index >= 15 is 8.78 Å². The number of carbonyl (C=O) groups excluding carboxylic acids is 1. The fraction of sp³-hybridized carbons (Fsp3) is 0.447. The largest absolute Gasteiger partial charge is 0.443 e. The maximum Gasteiger partial charge on any atom is 0.434 e. The van der Waals surface area contributed by atoms with Crippen molar-refractivity contribution in [3.05, 3.63) is 65.6 Å². The highest BCUT2D eigenvalue weighted by molar-refractivity contribution is 6.36. The zero-order valence-electron chi connectivity index (χ0n) is 28.6. The number of halogens is 4. The van der Waals surface area contributed by atoms with Crippen molar-refractivity contribution in [1.82, 2.24) is 29.7 Å². The first-order valence-corrected chi connectivity index (χ1v) is 17.9. The molecule has 4 fully saturated rings. The topological polar surface area (TPSA) is 77.7 Å². The predicted octanol–water partition coefficient (Wildman–Crippen LogP) is 5.99. The number of aromatic nitrogens is 3. The van der Waals surface area contributed by atoms with Gasteiger partial charge in [-0.2, -0.15) is 4.98 Å². The summed E-state index contributed by atoms with van der Waals surface area (Å²) in [4.78, 5) is 32.5. The normalized spacial score (nSPS) is 27.2. The monoisotopic (exact) mass is 718 g/mol. The number of alkyl halides is 2. The van der Waals surface area contributed by atoms with Crippen LogP contribution in [0, 0.1) is 11.7 Å². The third-order valence-corrected chi connectivity index (χ3v) is 11.5. The van der Waals surface area contributed by atoms with E-state index in [0.717, 1.165) is 37.7 Å². The lowest BCUT2D eigenvalue weighted by Crippen LogP contribution is -2.43. The maximum atomic E-state index is 16.8. The second kappa shape index (κ2) is 13.4. The second-order valence-corrected chi connectivity index (χ2v) is 14.8. The van der Waals surface area contributed by atoms with Gasteiger partial charge in [0.25, 0.3) is 0 Å². The van der Waals surface area contributed by atoms with Crippen molar-refractivity contribution in [1.29, 1.82) is 0 Å². The Balaban J connectivity index is 1.16. The van der Waals surface area contributed by atoms with Crippen molar-refractivity contribution in [2.45, 2.75) is 49.6 Å². The van der Waals surface area contributed by atoms with E-state index in [1.165, 1.54) is 17.2 Å². The predicted molar refractivity (Wildman–Crippen MR) is 191 cm³/mol. The van der Waals surface area contributed by atoms with Gasteiger partial charge in [-0.1, -0.05) is 48.0 Å². The molecule has 0 N–H and O–H groups in total. The van der Waals surface area contributed by atoms with E-state index in [1.54, 1.807) is 30.0 Å². The molecule has 8 rings (SSSR count). The first-order valence-electron chi connectivity index (χ1n) is 17.6.